The third-order valence-corrected chi connectivity index (χ3v) is 4.42. The summed E-state index contributed by atoms with van der Waals surface area (Å²) in [6, 6.07) is 11.5. The first-order valence-corrected chi connectivity index (χ1v) is 9.70. The smallest absolute Gasteiger partial charge is 0.258 e. The topological polar surface area (TPSA) is 76.7 Å². The van der Waals surface area contributed by atoms with Crippen molar-refractivity contribution in [2.24, 2.45) is 0 Å². The van der Waals surface area contributed by atoms with Crippen molar-refractivity contribution in [1.29, 1.82) is 0 Å². The number of nitrogens with one attached hydrogen (secondary N) is 2. The summed E-state index contributed by atoms with van der Waals surface area (Å²) in [5.74, 6) is 0.924. The second-order valence-corrected chi connectivity index (χ2v) is 7.39. The maximum atomic E-state index is 12.1. The molecule has 1 atom stereocenters. The van der Waals surface area contributed by atoms with Crippen LogP contribution in [0.25, 0.3) is 0 Å². The van der Waals surface area contributed by atoms with Crippen molar-refractivity contribution in [3.05, 3.63) is 58.7 Å². The highest BCUT2D eigenvalue weighted by Crippen LogP contribution is 2.19. The van der Waals surface area contributed by atoms with E-state index in [9.17, 15) is 9.59 Å². The van der Waals surface area contributed by atoms with Gasteiger partial charge in [-0.05, 0) is 69.0 Å². The van der Waals surface area contributed by atoms with Crippen LogP contribution in [0.2, 0.25) is 0 Å². The number of aryl methyl sites for hydroxylation is 4. The fourth-order valence-electron chi connectivity index (χ4n) is 2.70. The standard InChI is InChI=1S/C23H30N2O4/c1-15-6-8-17(3)20(10-15)28-13-22(26)24-12-19(5)25-23(27)14-29-21-11-16(2)7-9-18(21)4/h6-11,19H,12-14H2,1-5H3,(H,24,26)(H,25,27). The number of carbonyl (C=O) groups excluding carboxylic acids is 2. The Morgan fingerprint density at radius 2 is 1.31 bits per heavy atom. The van der Waals surface area contributed by atoms with Crippen LogP contribution in [-0.2, 0) is 9.59 Å². The lowest BCUT2D eigenvalue weighted by Crippen LogP contribution is -2.44. The lowest BCUT2D eigenvalue weighted by molar-refractivity contribution is -0.125. The Morgan fingerprint density at radius 3 is 1.83 bits per heavy atom. The summed E-state index contributed by atoms with van der Waals surface area (Å²) < 4.78 is 11.2. The summed E-state index contributed by atoms with van der Waals surface area (Å²) in [4.78, 5) is 24.1. The second kappa shape index (κ2) is 10.5. The molecule has 1 unspecified atom stereocenters. The fourth-order valence-corrected chi connectivity index (χ4v) is 2.70. The number of amides is 2. The van der Waals surface area contributed by atoms with Crippen LogP contribution in [0.4, 0.5) is 0 Å². The molecule has 0 saturated carbocycles. The van der Waals surface area contributed by atoms with Gasteiger partial charge in [0, 0.05) is 12.6 Å². The summed E-state index contributed by atoms with van der Waals surface area (Å²) in [6.07, 6.45) is 0. The van der Waals surface area contributed by atoms with E-state index in [2.05, 4.69) is 10.6 Å². The van der Waals surface area contributed by atoms with Gasteiger partial charge in [-0.25, -0.2) is 0 Å². The molecule has 2 aromatic carbocycles. The van der Waals surface area contributed by atoms with Gasteiger partial charge in [-0.15, -0.1) is 0 Å². The van der Waals surface area contributed by atoms with Crippen LogP contribution >= 0.6 is 0 Å². The molecule has 0 spiro atoms. The van der Waals surface area contributed by atoms with E-state index in [-0.39, 0.29) is 31.1 Å². The van der Waals surface area contributed by atoms with Crippen LogP contribution in [0.3, 0.4) is 0 Å². The Morgan fingerprint density at radius 1 is 0.828 bits per heavy atom. The molecule has 0 aliphatic carbocycles. The molecule has 6 nitrogen and oxygen atoms in total. The van der Waals surface area contributed by atoms with E-state index in [1.54, 1.807) is 0 Å². The molecule has 2 rings (SSSR count). The minimum atomic E-state index is -0.237. The van der Waals surface area contributed by atoms with Crippen LogP contribution in [0.5, 0.6) is 11.5 Å². The lowest BCUT2D eigenvalue weighted by atomic mass is 10.1. The average molecular weight is 399 g/mol. The molecule has 0 radical (unpaired) electrons. The van der Waals surface area contributed by atoms with Crippen molar-refractivity contribution in [2.45, 2.75) is 40.7 Å². The van der Waals surface area contributed by atoms with Gasteiger partial charge in [0.15, 0.2) is 13.2 Å². The number of hydrogen-bond donors (Lipinski definition) is 2. The van der Waals surface area contributed by atoms with E-state index < -0.39 is 0 Å². The number of rotatable bonds is 9. The zero-order chi connectivity index (χ0) is 21.4. The molecular formula is C23H30N2O4. The van der Waals surface area contributed by atoms with E-state index in [0.717, 1.165) is 22.3 Å². The van der Waals surface area contributed by atoms with E-state index in [1.807, 2.05) is 71.0 Å². The number of carbonyl (C=O) groups is 2. The van der Waals surface area contributed by atoms with Crippen molar-refractivity contribution >= 4 is 11.8 Å². The molecule has 2 amide bonds. The molecule has 0 saturated heterocycles. The number of ether oxygens (including phenoxy) is 2. The van der Waals surface area contributed by atoms with Crippen LogP contribution in [0.15, 0.2) is 36.4 Å². The van der Waals surface area contributed by atoms with Gasteiger partial charge in [0.05, 0.1) is 0 Å². The molecule has 6 heteroatoms. The van der Waals surface area contributed by atoms with Crippen molar-refractivity contribution in [3.8, 4) is 11.5 Å². The van der Waals surface area contributed by atoms with Crippen LogP contribution in [-0.4, -0.2) is 37.6 Å². The highest BCUT2D eigenvalue weighted by atomic mass is 16.5. The first-order valence-electron chi connectivity index (χ1n) is 9.70. The van der Waals surface area contributed by atoms with Gasteiger partial charge in [0.2, 0.25) is 0 Å². The van der Waals surface area contributed by atoms with Gasteiger partial charge < -0.3 is 20.1 Å². The predicted octanol–water partition coefficient (Wildman–Crippen LogP) is 3.00. The van der Waals surface area contributed by atoms with E-state index in [4.69, 9.17) is 9.47 Å². The molecule has 0 fully saturated rings. The highest BCUT2D eigenvalue weighted by molar-refractivity contribution is 5.79. The maximum absolute atomic E-state index is 12.1. The third-order valence-electron chi connectivity index (χ3n) is 4.42. The monoisotopic (exact) mass is 398 g/mol. The average Bonchev–Trinajstić information content (AvgIpc) is 2.67. The minimum Gasteiger partial charge on any atom is -0.483 e. The summed E-state index contributed by atoms with van der Waals surface area (Å²) in [5.41, 5.74) is 4.11. The van der Waals surface area contributed by atoms with E-state index in [0.29, 0.717) is 18.0 Å². The first kappa shape index (κ1) is 22.3. The first-order chi connectivity index (χ1) is 13.7. The minimum absolute atomic E-state index is 0.0687. The SMILES string of the molecule is Cc1ccc(C)c(OCC(=O)NCC(C)NC(=O)COc2cc(C)ccc2C)c1. The van der Waals surface area contributed by atoms with Gasteiger partial charge in [0.1, 0.15) is 11.5 Å². The molecule has 0 aromatic heterocycles. The molecule has 0 bridgehead atoms. The van der Waals surface area contributed by atoms with Gasteiger partial charge in [-0.3, -0.25) is 9.59 Å². The lowest BCUT2D eigenvalue weighted by Gasteiger charge is -2.16. The molecule has 2 N–H and O–H groups in total. The van der Waals surface area contributed by atoms with Crippen molar-refractivity contribution < 1.29 is 19.1 Å². The van der Waals surface area contributed by atoms with Crippen molar-refractivity contribution in [3.63, 3.8) is 0 Å². The predicted molar refractivity (Wildman–Crippen MR) is 113 cm³/mol. The largest absolute Gasteiger partial charge is 0.483 e. The van der Waals surface area contributed by atoms with Crippen LogP contribution in [0, 0.1) is 27.7 Å². The van der Waals surface area contributed by atoms with Crippen LogP contribution in [0.1, 0.15) is 29.2 Å². The molecule has 0 heterocycles. The quantitative estimate of drug-likeness (QED) is 0.681. The molecule has 0 aliphatic heterocycles. The van der Waals surface area contributed by atoms with Crippen molar-refractivity contribution in [2.75, 3.05) is 19.8 Å². The molecule has 0 aliphatic rings. The molecular weight excluding hydrogens is 368 g/mol. The normalized spacial score (nSPS) is 11.5. The molecule has 29 heavy (non-hydrogen) atoms. The number of hydrogen-bond acceptors (Lipinski definition) is 4. The fraction of sp³-hybridized carbons (Fsp3) is 0.391. The summed E-state index contributed by atoms with van der Waals surface area (Å²) in [6.45, 7) is 9.81. The van der Waals surface area contributed by atoms with Gasteiger partial charge in [-0.1, -0.05) is 24.3 Å². The highest BCUT2D eigenvalue weighted by Gasteiger charge is 2.11. The Labute approximate surface area is 172 Å². The zero-order valence-corrected chi connectivity index (χ0v) is 17.8. The zero-order valence-electron chi connectivity index (χ0n) is 17.8. The van der Waals surface area contributed by atoms with Gasteiger partial charge >= 0.3 is 0 Å². The third kappa shape index (κ3) is 7.49. The Kier molecular flexibility index (Phi) is 8.07. The second-order valence-electron chi connectivity index (χ2n) is 7.39. The van der Waals surface area contributed by atoms with Gasteiger partial charge in [0.25, 0.3) is 11.8 Å². The van der Waals surface area contributed by atoms with Crippen LogP contribution < -0.4 is 20.1 Å². The molecule has 2 aromatic rings. The van der Waals surface area contributed by atoms with Crippen molar-refractivity contribution in [1.82, 2.24) is 10.6 Å². The Hall–Kier alpha value is -3.02. The van der Waals surface area contributed by atoms with E-state index in [1.165, 1.54) is 0 Å². The maximum Gasteiger partial charge on any atom is 0.258 e. The van der Waals surface area contributed by atoms with Gasteiger partial charge in [-0.2, -0.15) is 0 Å². The van der Waals surface area contributed by atoms with E-state index >= 15 is 0 Å². The number of benzene rings is 2. The molecule has 156 valence electrons. The Balaban J connectivity index is 1.69. The summed E-state index contributed by atoms with van der Waals surface area (Å²) >= 11 is 0. The summed E-state index contributed by atoms with van der Waals surface area (Å²) in [5, 5.41) is 5.57. The summed E-state index contributed by atoms with van der Waals surface area (Å²) in [7, 11) is 0. The Bertz CT molecular complexity index is 864.